The maximum atomic E-state index is 8.96. The molecule has 0 fully saturated rings. The maximum absolute atomic E-state index is 8.96. The molecule has 17 heavy (non-hydrogen) atoms. The van der Waals surface area contributed by atoms with Gasteiger partial charge in [-0.05, 0) is 11.6 Å². The van der Waals surface area contributed by atoms with Crippen LogP contribution in [0.25, 0.3) is 0 Å². The second-order valence-corrected chi connectivity index (χ2v) is 4.27. The van der Waals surface area contributed by atoms with Crippen molar-refractivity contribution in [3.05, 3.63) is 35.0 Å². The largest absolute Gasteiger partial charge is 0.364 e. The molecule has 0 bridgehead atoms. The van der Waals surface area contributed by atoms with Gasteiger partial charge < -0.3 is 10.6 Å². The molecule has 0 radical (unpaired) electrons. The summed E-state index contributed by atoms with van der Waals surface area (Å²) in [6.45, 7) is 0.607. The van der Waals surface area contributed by atoms with Gasteiger partial charge >= 0.3 is 0 Å². The first-order valence-electron chi connectivity index (χ1n) is 5.05. The molecule has 2 aromatic heterocycles. The third-order valence-electron chi connectivity index (χ3n) is 2.13. The van der Waals surface area contributed by atoms with E-state index in [1.165, 1.54) is 11.3 Å². The molecule has 2 N–H and O–H groups in total. The molecule has 0 aliphatic rings. The van der Waals surface area contributed by atoms with E-state index in [2.05, 4.69) is 26.7 Å². The minimum Gasteiger partial charge on any atom is -0.364 e. The third kappa shape index (κ3) is 2.71. The molecule has 86 valence electrons. The highest BCUT2D eigenvalue weighted by molar-refractivity contribution is 7.16. The van der Waals surface area contributed by atoms with Crippen LogP contribution in [-0.4, -0.2) is 17.0 Å². The number of pyridine rings is 1. The molecule has 0 aromatic carbocycles. The summed E-state index contributed by atoms with van der Waals surface area (Å²) in [5.74, 6) is 0.616. The number of hydrogen-bond acceptors (Lipinski definition) is 6. The van der Waals surface area contributed by atoms with Gasteiger partial charge in [-0.15, -0.1) is 0 Å². The lowest BCUT2D eigenvalue weighted by Crippen LogP contribution is -2.01. The monoisotopic (exact) mass is 245 g/mol. The third-order valence-corrected chi connectivity index (χ3v) is 3.10. The highest BCUT2D eigenvalue weighted by Gasteiger charge is 2.09. The van der Waals surface area contributed by atoms with E-state index in [0.717, 1.165) is 10.7 Å². The fourth-order valence-corrected chi connectivity index (χ4v) is 2.00. The number of nitrogens with zero attached hydrogens (tertiary/aromatic N) is 3. The molecule has 0 saturated carbocycles. The highest BCUT2D eigenvalue weighted by Crippen LogP contribution is 2.25. The summed E-state index contributed by atoms with van der Waals surface area (Å²) in [7, 11) is 1.78. The van der Waals surface area contributed by atoms with Crippen molar-refractivity contribution in [1.29, 1.82) is 5.26 Å². The SMILES string of the molecule is CNc1nc(NCc2cccnc2)c(C#N)s1. The zero-order valence-corrected chi connectivity index (χ0v) is 10.1. The van der Waals surface area contributed by atoms with Crippen LogP contribution in [0.5, 0.6) is 0 Å². The van der Waals surface area contributed by atoms with E-state index in [1.54, 1.807) is 19.4 Å². The van der Waals surface area contributed by atoms with Crippen LogP contribution < -0.4 is 10.6 Å². The predicted molar refractivity (Wildman–Crippen MR) is 67.9 cm³/mol. The Bertz CT molecular complexity index is 529. The predicted octanol–water partition coefficient (Wildman–Crippen LogP) is 2.06. The Morgan fingerprint density at radius 2 is 2.41 bits per heavy atom. The van der Waals surface area contributed by atoms with Crippen molar-refractivity contribution < 1.29 is 0 Å². The Hall–Kier alpha value is -2.13. The van der Waals surface area contributed by atoms with Crippen molar-refractivity contribution >= 4 is 22.3 Å². The maximum Gasteiger partial charge on any atom is 0.185 e. The lowest BCUT2D eigenvalue weighted by atomic mass is 10.3. The Kier molecular flexibility index (Phi) is 3.52. The van der Waals surface area contributed by atoms with Crippen LogP contribution in [0.1, 0.15) is 10.4 Å². The van der Waals surface area contributed by atoms with E-state index < -0.39 is 0 Å². The molecule has 2 rings (SSSR count). The molecular formula is C11H11N5S. The number of anilines is 2. The van der Waals surface area contributed by atoms with Crippen molar-refractivity contribution in [3.8, 4) is 6.07 Å². The lowest BCUT2D eigenvalue weighted by molar-refractivity contribution is 1.09. The minimum absolute atomic E-state index is 0.582. The Balaban J connectivity index is 2.09. The van der Waals surface area contributed by atoms with Crippen molar-refractivity contribution in [2.75, 3.05) is 17.7 Å². The summed E-state index contributed by atoms with van der Waals surface area (Å²) >= 11 is 1.33. The van der Waals surface area contributed by atoms with Crippen molar-refractivity contribution in [1.82, 2.24) is 9.97 Å². The van der Waals surface area contributed by atoms with Crippen molar-refractivity contribution in [2.45, 2.75) is 6.54 Å². The summed E-state index contributed by atoms with van der Waals surface area (Å²) in [4.78, 5) is 8.88. The summed E-state index contributed by atoms with van der Waals surface area (Å²) < 4.78 is 0. The van der Waals surface area contributed by atoms with Crippen LogP contribution in [0.2, 0.25) is 0 Å². The van der Waals surface area contributed by atoms with E-state index in [0.29, 0.717) is 17.2 Å². The van der Waals surface area contributed by atoms with Crippen LogP contribution >= 0.6 is 11.3 Å². The first-order valence-corrected chi connectivity index (χ1v) is 5.86. The molecule has 2 aromatic rings. The summed E-state index contributed by atoms with van der Waals surface area (Å²) in [6.07, 6.45) is 3.51. The van der Waals surface area contributed by atoms with Crippen LogP contribution in [0.3, 0.4) is 0 Å². The average Bonchev–Trinajstić information content (AvgIpc) is 2.80. The van der Waals surface area contributed by atoms with Crippen molar-refractivity contribution in [2.24, 2.45) is 0 Å². The summed E-state index contributed by atoms with van der Waals surface area (Å²) in [6, 6.07) is 5.97. The van der Waals surface area contributed by atoms with Gasteiger partial charge in [0.1, 0.15) is 6.07 Å². The normalized spacial score (nSPS) is 9.65. The van der Waals surface area contributed by atoms with Crippen LogP contribution in [0.15, 0.2) is 24.5 Å². The van der Waals surface area contributed by atoms with Gasteiger partial charge in [-0.1, -0.05) is 17.4 Å². The van der Waals surface area contributed by atoms with E-state index in [-0.39, 0.29) is 0 Å². The quantitative estimate of drug-likeness (QED) is 0.862. The van der Waals surface area contributed by atoms with Gasteiger partial charge in [-0.2, -0.15) is 5.26 Å². The van der Waals surface area contributed by atoms with Gasteiger partial charge in [0.05, 0.1) is 0 Å². The zero-order valence-electron chi connectivity index (χ0n) is 9.27. The van der Waals surface area contributed by atoms with Crippen LogP contribution in [0, 0.1) is 11.3 Å². The second kappa shape index (κ2) is 5.27. The lowest BCUT2D eigenvalue weighted by Gasteiger charge is -2.02. The first-order chi connectivity index (χ1) is 8.33. The fraction of sp³-hybridized carbons (Fsp3) is 0.182. The number of rotatable bonds is 4. The van der Waals surface area contributed by atoms with Gasteiger partial charge in [0, 0.05) is 26.0 Å². The van der Waals surface area contributed by atoms with Gasteiger partial charge in [0.2, 0.25) is 0 Å². The smallest absolute Gasteiger partial charge is 0.185 e. The molecule has 0 atom stereocenters. The molecule has 2 heterocycles. The molecule has 0 aliphatic carbocycles. The van der Waals surface area contributed by atoms with E-state index >= 15 is 0 Å². The molecule has 0 amide bonds. The van der Waals surface area contributed by atoms with E-state index in [9.17, 15) is 0 Å². The van der Waals surface area contributed by atoms with Crippen molar-refractivity contribution in [3.63, 3.8) is 0 Å². The number of aromatic nitrogens is 2. The minimum atomic E-state index is 0.582. The van der Waals surface area contributed by atoms with Gasteiger partial charge in [0.15, 0.2) is 15.8 Å². The molecular weight excluding hydrogens is 234 g/mol. The zero-order chi connectivity index (χ0) is 12.1. The molecule has 0 unspecified atom stereocenters. The number of hydrogen-bond donors (Lipinski definition) is 2. The van der Waals surface area contributed by atoms with Crippen LogP contribution in [0.4, 0.5) is 10.9 Å². The second-order valence-electron chi connectivity index (χ2n) is 3.27. The number of thiazole rings is 1. The van der Waals surface area contributed by atoms with E-state index in [1.807, 2.05) is 12.1 Å². The Labute approximate surface area is 103 Å². The number of nitriles is 1. The average molecular weight is 245 g/mol. The molecule has 6 heteroatoms. The fourth-order valence-electron chi connectivity index (χ4n) is 1.31. The standard InChI is InChI=1S/C11H11N5S/c1-13-11-16-10(9(5-12)17-11)15-7-8-3-2-4-14-6-8/h2-4,6,15H,7H2,1H3,(H,13,16). The van der Waals surface area contributed by atoms with E-state index in [4.69, 9.17) is 5.26 Å². The van der Waals surface area contributed by atoms with Gasteiger partial charge in [0.25, 0.3) is 0 Å². The molecule has 0 saturated heterocycles. The van der Waals surface area contributed by atoms with Gasteiger partial charge in [-0.25, -0.2) is 4.98 Å². The van der Waals surface area contributed by atoms with Crippen LogP contribution in [-0.2, 0) is 6.54 Å². The Morgan fingerprint density at radius 1 is 1.53 bits per heavy atom. The first kappa shape index (κ1) is 11.4. The molecule has 0 aliphatic heterocycles. The topological polar surface area (TPSA) is 73.6 Å². The molecule has 0 spiro atoms. The summed E-state index contributed by atoms with van der Waals surface area (Å²) in [5, 5.41) is 15.8. The van der Waals surface area contributed by atoms with Gasteiger partial charge in [-0.3, -0.25) is 4.98 Å². The highest BCUT2D eigenvalue weighted by atomic mass is 32.1. The number of nitrogens with one attached hydrogen (secondary N) is 2. The summed E-state index contributed by atoms with van der Waals surface area (Å²) in [5.41, 5.74) is 1.05. The molecule has 5 nitrogen and oxygen atoms in total. The Morgan fingerprint density at radius 3 is 3.06 bits per heavy atom.